The lowest BCUT2D eigenvalue weighted by molar-refractivity contribution is -0.142. The number of rotatable bonds is 6. The van der Waals surface area contributed by atoms with Gasteiger partial charge in [-0.05, 0) is 17.7 Å². The van der Waals surface area contributed by atoms with E-state index in [0.717, 1.165) is 5.56 Å². The van der Waals surface area contributed by atoms with E-state index in [1.54, 1.807) is 24.5 Å². The van der Waals surface area contributed by atoms with Crippen molar-refractivity contribution >= 4 is 11.9 Å². The van der Waals surface area contributed by atoms with Crippen LogP contribution < -0.4 is 5.32 Å². The number of aromatic nitrogens is 1. The normalized spacial score (nSPS) is 11.8. The molecule has 0 aliphatic rings. The largest absolute Gasteiger partial charge is 0.480 e. The van der Waals surface area contributed by atoms with Gasteiger partial charge in [0.1, 0.15) is 6.04 Å². The number of carbonyl (C=O) groups excluding carboxylic acids is 1. The van der Waals surface area contributed by atoms with Crippen LogP contribution in [0.3, 0.4) is 0 Å². The van der Waals surface area contributed by atoms with E-state index in [9.17, 15) is 9.59 Å². The molecule has 92 valence electrons. The van der Waals surface area contributed by atoms with Crippen molar-refractivity contribution in [2.24, 2.45) is 0 Å². The topological polar surface area (TPSA) is 99.5 Å². The van der Waals surface area contributed by atoms with Crippen LogP contribution >= 0.6 is 0 Å². The average Bonchev–Trinajstić information content (AvgIpc) is 2.29. The van der Waals surface area contributed by atoms with Crippen LogP contribution in [0, 0.1) is 0 Å². The molecule has 1 amide bonds. The van der Waals surface area contributed by atoms with Crippen molar-refractivity contribution in [1.82, 2.24) is 10.3 Å². The van der Waals surface area contributed by atoms with Gasteiger partial charge in [-0.25, -0.2) is 4.79 Å². The highest BCUT2D eigenvalue weighted by molar-refractivity contribution is 5.84. The van der Waals surface area contributed by atoms with E-state index >= 15 is 0 Å². The van der Waals surface area contributed by atoms with Crippen molar-refractivity contribution in [3.63, 3.8) is 0 Å². The number of carbonyl (C=O) groups is 2. The molecule has 3 N–H and O–H groups in total. The number of hydrogen-bond donors (Lipinski definition) is 3. The maximum absolute atomic E-state index is 11.5. The van der Waals surface area contributed by atoms with Gasteiger partial charge in [0.05, 0.1) is 6.42 Å². The van der Waals surface area contributed by atoms with Gasteiger partial charge in [-0.3, -0.25) is 9.78 Å². The van der Waals surface area contributed by atoms with Crippen LogP contribution in [-0.2, 0) is 16.0 Å². The molecule has 6 nitrogen and oxygen atoms in total. The molecular weight excluding hydrogens is 224 g/mol. The van der Waals surface area contributed by atoms with Gasteiger partial charge in [0.25, 0.3) is 0 Å². The lowest BCUT2D eigenvalue weighted by Crippen LogP contribution is -2.42. The molecule has 0 radical (unpaired) electrons. The molecule has 0 aromatic carbocycles. The number of carboxylic acid groups (broad SMARTS) is 1. The first-order valence-electron chi connectivity index (χ1n) is 5.15. The molecule has 0 saturated carbocycles. The zero-order valence-corrected chi connectivity index (χ0v) is 9.17. The number of aliphatic carboxylic acids is 1. The Morgan fingerprint density at radius 2 is 2.00 bits per heavy atom. The fourth-order valence-corrected chi connectivity index (χ4v) is 1.32. The van der Waals surface area contributed by atoms with Crippen LogP contribution in [0.2, 0.25) is 0 Å². The summed E-state index contributed by atoms with van der Waals surface area (Å²) in [5, 5.41) is 19.8. The Kier molecular flexibility index (Phi) is 5.09. The number of aliphatic hydroxyl groups is 1. The fraction of sp³-hybridized carbons (Fsp3) is 0.364. The van der Waals surface area contributed by atoms with E-state index in [2.05, 4.69) is 10.3 Å². The minimum Gasteiger partial charge on any atom is -0.480 e. The predicted molar refractivity (Wildman–Crippen MR) is 59.2 cm³/mol. The van der Waals surface area contributed by atoms with Crippen LogP contribution in [0.15, 0.2) is 24.5 Å². The second kappa shape index (κ2) is 6.59. The summed E-state index contributed by atoms with van der Waals surface area (Å²) in [6, 6.07) is 2.32. The number of nitrogens with zero attached hydrogens (tertiary/aromatic N) is 1. The van der Waals surface area contributed by atoms with Crippen LogP contribution in [0.5, 0.6) is 0 Å². The maximum atomic E-state index is 11.5. The monoisotopic (exact) mass is 238 g/mol. The third-order valence-corrected chi connectivity index (χ3v) is 2.17. The first-order valence-corrected chi connectivity index (χ1v) is 5.15. The lowest BCUT2D eigenvalue weighted by Gasteiger charge is -2.12. The van der Waals surface area contributed by atoms with E-state index in [0.29, 0.717) is 0 Å². The van der Waals surface area contributed by atoms with Gasteiger partial charge in [0, 0.05) is 25.4 Å². The van der Waals surface area contributed by atoms with E-state index < -0.39 is 17.9 Å². The Bertz CT molecular complexity index is 380. The summed E-state index contributed by atoms with van der Waals surface area (Å²) in [7, 11) is 0. The van der Waals surface area contributed by atoms with Crippen molar-refractivity contribution in [3.05, 3.63) is 30.1 Å². The molecule has 0 fully saturated rings. The van der Waals surface area contributed by atoms with E-state index in [1.807, 2.05) is 0 Å². The quantitative estimate of drug-likeness (QED) is 0.625. The van der Waals surface area contributed by atoms with E-state index in [-0.39, 0.29) is 19.4 Å². The van der Waals surface area contributed by atoms with Crippen molar-refractivity contribution in [1.29, 1.82) is 0 Å². The lowest BCUT2D eigenvalue weighted by atomic mass is 10.1. The number of pyridine rings is 1. The van der Waals surface area contributed by atoms with E-state index in [1.165, 1.54) is 0 Å². The number of aliphatic hydroxyl groups excluding tert-OH is 1. The minimum absolute atomic E-state index is 0.00256. The SMILES string of the molecule is O=C(Cc1ccncc1)N[C@H](CCO)C(=O)O. The summed E-state index contributed by atoms with van der Waals surface area (Å²) in [4.78, 5) is 26.1. The third kappa shape index (κ3) is 4.60. The van der Waals surface area contributed by atoms with Gasteiger partial charge in [0.15, 0.2) is 0 Å². The summed E-state index contributed by atoms with van der Waals surface area (Å²) in [5.74, 6) is -1.54. The number of carboxylic acids is 1. The van der Waals surface area contributed by atoms with Gasteiger partial charge >= 0.3 is 5.97 Å². The highest BCUT2D eigenvalue weighted by Crippen LogP contribution is 1.99. The first-order chi connectivity index (χ1) is 8.13. The molecule has 1 rings (SSSR count). The zero-order chi connectivity index (χ0) is 12.7. The van der Waals surface area contributed by atoms with Crippen molar-refractivity contribution in [3.8, 4) is 0 Å². The number of nitrogens with one attached hydrogen (secondary N) is 1. The van der Waals surface area contributed by atoms with Crippen LogP contribution in [0.4, 0.5) is 0 Å². The Morgan fingerprint density at radius 1 is 1.35 bits per heavy atom. The van der Waals surface area contributed by atoms with Crippen molar-refractivity contribution < 1.29 is 19.8 Å². The average molecular weight is 238 g/mol. The van der Waals surface area contributed by atoms with Gasteiger partial charge in [-0.1, -0.05) is 0 Å². The summed E-state index contributed by atoms with van der Waals surface area (Å²) in [6.45, 7) is -0.285. The predicted octanol–water partition coefficient (Wildman–Crippen LogP) is -0.424. The van der Waals surface area contributed by atoms with E-state index in [4.69, 9.17) is 10.2 Å². The summed E-state index contributed by atoms with van der Waals surface area (Å²) in [5.41, 5.74) is 0.755. The molecule has 0 aliphatic carbocycles. The second-order valence-electron chi connectivity index (χ2n) is 3.50. The first kappa shape index (κ1) is 13.1. The zero-order valence-electron chi connectivity index (χ0n) is 9.17. The fourth-order valence-electron chi connectivity index (χ4n) is 1.32. The highest BCUT2D eigenvalue weighted by Gasteiger charge is 2.18. The number of hydrogen-bond acceptors (Lipinski definition) is 4. The second-order valence-corrected chi connectivity index (χ2v) is 3.50. The molecule has 1 heterocycles. The van der Waals surface area contributed by atoms with Gasteiger partial charge in [-0.2, -0.15) is 0 Å². The molecule has 0 saturated heterocycles. The van der Waals surface area contributed by atoms with Gasteiger partial charge in [0.2, 0.25) is 5.91 Å². The van der Waals surface area contributed by atoms with Crippen LogP contribution in [0.25, 0.3) is 0 Å². The summed E-state index contributed by atoms with van der Waals surface area (Å²) >= 11 is 0. The van der Waals surface area contributed by atoms with Crippen molar-refractivity contribution in [2.45, 2.75) is 18.9 Å². The number of amides is 1. The molecule has 17 heavy (non-hydrogen) atoms. The molecule has 0 aliphatic heterocycles. The molecule has 1 aromatic rings. The maximum Gasteiger partial charge on any atom is 0.326 e. The standard InChI is InChI=1S/C11H14N2O4/c14-6-3-9(11(16)17)13-10(15)7-8-1-4-12-5-2-8/h1-2,4-5,9,14H,3,6-7H2,(H,13,15)(H,16,17)/t9-/m1/s1. The molecule has 0 unspecified atom stereocenters. The Hall–Kier alpha value is -1.95. The molecule has 0 bridgehead atoms. The molecular formula is C11H14N2O4. The molecule has 6 heteroatoms. The Morgan fingerprint density at radius 3 is 2.53 bits per heavy atom. The molecule has 1 aromatic heterocycles. The Balaban J connectivity index is 2.51. The molecule has 0 spiro atoms. The van der Waals surface area contributed by atoms with Gasteiger partial charge < -0.3 is 15.5 Å². The smallest absolute Gasteiger partial charge is 0.326 e. The van der Waals surface area contributed by atoms with Crippen LogP contribution in [0.1, 0.15) is 12.0 Å². The highest BCUT2D eigenvalue weighted by atomic mass is 16.4. The third-order valence-electron chi connectivity index (χ3n) is 2.17. The minimum atomic E-state index is -1.15. The Labute approximate surface area is 98.3 Å². The van der Waals surface area contributed by atoms with Crippen LogP contribution in [-0.4, -0.2) is 39.7 Å². The van der Waals surface area contributed by atoms with Gasteiger partial charge in [-0.15, -0.1) is 0 Å². The van der Waals surface area contributed by atoms with Crippen molar-refractivity contribution in [2.75, 3.05) is 6.61 Å². The summed E-state index contributed by atoms with van der Waals surface area (Å²) < 4.78 is 0. The molecule has 1 atom stereocenters. The summed E-state index contributed by atoms with van der Waals surface area (Å²) in [6.07, 6.45) is 3.21.